The van der Waals surface area contributed by atoms with Gasteiger partial charge in [0.15, 0.2) is 0 Å². The highest BCUT2D eigenvalue weighted by Gasteiger charge is 2.08. The van der Waals surface area contributed by atoms with Gasteiger partial charge in [0.25, 0.3) is 0 Å². The zero-order valence-electron chi connectivity index (χ0n) is 10.5. The summed E-state index contributed by atoms with van der Waals surface area (Å²) in [4.78, 5) is 8.55. The molecule has 0 aliphatic heterocycles. The standard InChI is InChI=1S/C12H16N4O/c1-7-5-12(15-10(4)14-7)13-6-11-8(2)16-17-9(11)3/h5H,6H2,1-4H3,(H,13,14,15). The van der Waals surface area contributed by atoms with Crippen molar-refractivity contribution in [2.24, 2.45) is 0 Å². The van der Waals surface area contributed by atoms with Crippen molar-refractivity contribution in [3.8, 4) is 0 Å². The molecule has 5 heteroatoms. The molecular weight excluding hydrogens is 216 g/mol. The minimum atomic E-state index is 0.664. The van der Waals surface area contributed by atoms with Crippen molar-refractivity contribution < 1.29 is 4.52 Å². The summed E-state index contributed by atoms with van der Waals surface area (Å²) in [5, 5.41) is 7.18. The molecule has 0 aliphatic carbocycles. The lowest BCUT2D eigenvalue weighted by Gasteiger charge is -2.06. The van der Waals surface area contributed by atoms with Gasteiger partial charge in [-0.3, -0.25) is 0 Å². The highest BCUT2D eigenvalue weighted by Crippen LogP contribution is 2.14. The number of nitrogens with one attached hydrogen (secondary N) is 1. The minimum Gasteiger partial charge on any atom is -0.366 e. The first-order valence-electron chi connectivity index (χ1n) is 5.54. The number of nitrogens with zero attached hydrogens (tertiary/aromatic N) is 3. The topological polar surface area (TPSA) is 63.8 Å². The summed E-state index contributed by atoms with van der Waals surface area (Å²) in [6, 6.07) is 1.92. The van der Waals surface area contributed by atoms with Gasteiger partial charge in [-0.05, 0) is 27.7 Å². The first kappa shape index (κ1) is 11.6. The van der Waals surface area contributed by atoms with Crippen molar-refractivity contribution >= 4 is 5.82 Å². The van der Waals surface area contributed by atoms with Gasteiger partial charge in [-0.25, -0.2) is 9.97 Å². The molecule has 0 saturated carbocycles. The summed E-state index contributed by atoms with van der Waals surface area (Å²) < 4.78 is 5.11. The number of aromatic nitrogens is 3. The Kier molecular flexibility index (Phi) is 3.08. The van der Waals surface area contributed by atoms with Crippen molar-refractivity contribution in [1.82, 2.24) is 15.1 Å². The Balaban J connectivity index is 2.12. The van der Waals surface area contributed by atoms with Crippen molar-refractivity contribution in [2.45, 2.75) is 34.2 Å². The molecule has 2 aromatic heterocycles. The monoisotopic (exact) mass is 232 g/mol. The van der Waals surface area contributed by atoms with Crippen LogP contribution in [0.4, 0.5) is 5.82 Å². The van der Waals surface area contributed by atoms with Crippen LogP contribution in [0.2, 0.25) is 0 Å². The maximum absolute atomic E-state index is 5.11. The SMILES string of the molecule is Cc1cc(NCc2c(C)noc2C)nc(C)n1. The molecule has 2 heterocycles. The third-order valence-electron chi connectivity index (χ3n) is 2.59. The Morgan fingerprint density at radius 3 is 2.53 bits per heavy atom. The van der Waals surface area contributed by atoms with Crippen molar-refractivity contribution in [3.63, 3.8) is 0 Å². The van der Waals surface area contributed by atoms with E-state index < -0.39 is 0 Å². The van der Waals surface area contributed by atoms with Crippen LogP contribution in [0.1, 0.15) is 28.5 Å². The van der Waals surface area contributed by atoms with Gasteiger partial charge in [-0.2, -0.15) is 0 Å². The lowest BCUT2D eigenvalue weighted by molar-refractivity contribution is 0.392. The third-order valence-corrected chi connectivity index (χ3v) is 2.59. The molecule has 0 atom stereocenters. The van der Waals surface area contributed by atoms with E-state index in [1.54, 1.807) is 0 Å². The average molecular weight is 232 g/mol. The highest BCUT2D eigenvalue weighted by molar-refractivity contribution is 5.37. The van der Waals surface area contributed by atoms with Gasteiger partial charge in [0.1, 0.15) is 17.4 Å². The van der Waals surface area contributed by atoms with Crippen LogP contribution >= 0.6 is 0 Å². The predicted octanol–water partition coefficient (Wildman–Crippen LogP) is 2.31. The van der Waals surface area contributed by atoms with Gasteiger partial charge in [0.2, 0.25) is 0 Å². The third kappa shape index (κ3) is 2.61. The van der Waals surface area contributed by atoms with Gasteiger partial charge >= 0.3 is 0 Å². The molecular formula is C12H16N4O. The summed E-state index contributed by atoms with van der Waals surface area (Å²) in [5.74, 6) is 2.44. The summed E-state index contributed by atoms with van der Waals surface area (Å²) in [7, 11) is 0. The van der Waals surface area contributed by atoms with E-state index >= 15 is 0 Å². The predicted molar refractivity (Wildman–Crippen MR) is 64.8 cm³/mol. The van der Waals surface area contributed by atoms with E-state index in [4.69, 9.17) is 4.52 Å². The molecule has 0 amide bonds. The van der Waals surface area contributed by atoms with E-state index in [0.29, 0.717) is 6.54 Å². The highest BCUT2D eigenvalue weighted by atomic mass is 16.5. The van der Waals surface area contributed by atoms with Crippen LogP contribution in [0, 0.1) is 27.7 Å². The largest absolute Gasteiger partial charge is 0.366 e. The van der Waals surface area contributed by atoms with Crippen LogP contribution in [-0.2, 0) is 6.54 Å². The Morgan fingerprint density at radius 2 is 1.94 bits per heavy atom. The molecule has 90 valence electrons. The summed E-state index contributed by atoms with van der Waals surface area (Å²) in [5.41, 5.74) is 2.95. The fourth-order valence-electron chi connectivity index (χ4n) is 1.74. The fourth-order valence-corrected chi connectivity index (χ4v) is 1.74. The van der Waals surface area contributed by atoms with Gasteiger partial charge in [-0.15, -0.1) is 0 Å². The van der Waals surface area contributed by atoms with Crippen LogP contribution in [0.5, 0.6) is 0 Å². The quantitative estimate of drug-likeness (QED) is 0.879. The lowest BCUT2D eigenvalue weighted by Crippen LogP contribution is -2.05. The average Bonchev–Trinajstić information content (AvgIpc) is 2.55. The minimum absolute atomic E-state index is 0.664. The van der Waals surface area contributed by atoms with Crippen LogP contribution in [0.15, 0.2) is 10.6 Å². The summed E-state index contributed by atoms with van der Waals surface area (Å²) in [6.45, 7) is 8.35. The zero-order valence-corrected chi connectivity index (χ0v) is 10.5. The molecule has 0 bridgehead atoms. The van der Waals surface area contributed by atoms with E-state index in [-0.39, 0.29) is 0 Å². The Labute approximate surface area is 100 Å². The van der Waals surface area contributed by atoms with Gasteiger partial charge in [0.05, 0.1) is 5.69 Å². The normalized spacial score (nSPS) is 10.6. The Bertz CT molecular complexity index is 494. The molecule has 0 radical (unpaired) electrons. The van der Waals surface area contributed by atoms with E-state index in [1.165, 1.54) is 0 Å². The molecule has 0 unspecified atom stereocenters. The van der Waals surface area contributed by atoms with Crippen molar-refractivity contribution in [1.29, 1.82) is 0 Å². The van der Waals surface area contributed by atoms with E-state index in [0.717, 1.165) is 34.4 Å². The van der Waals surface area contributed by atoms with Crippen LogP contribution in [0.25, 0.3) is 0 Å². The van der Waals surface area contributed by atoms with Gasteiger partial charge < -0.3 is 9.84 Å². The number of rotatable bonds is 3. The Morgan fingerprint density at radius 1 is 1.18 bits per heavy atom. The molecule has 0 aromatic carbocycles. The second kappa shape index (κ2) is 4.53. The maximum Gasteiger partial charge on any atom is 0.138 e. The second-order valence-corrected chi connectivity index (χ2v) is 4.10. The zero-order chi connectivity index (χ0) is 12.4. The molecule has 2 aromatic rings. The second-order valence-electron chi connectivity index (χ2n) is 4.10. The molecule has 1 N–H and O–H groups in total. The number of aryl methyl sites for hydroxylation is 4. The molecule has 0 fully saturated rings. The molecule has 0 saturated heterocycles. The molecule has 0 aliphatic rings. The van der Waals surface area contributed by atoms with Crippen LogP contribution < -0.4 is 5.32 Å². The molecule has 5 nitrogen and oxygen atoms in total. The fraction of sp³-hybridized carbons (Fsp3) is 0.417. The van der Waals surface area contributed by atoms with Crippen LogP contribution in [-0.4, -0.2) is 15.1 Å². The molecule has 2 rings (SSSR count). The number of hydrogen-bond donors (Lipinski definition) is 1. The number of hydrogen-bond acceptors (Lipinski definition) is 5. The van der Waals surface area contributed by atoms with Crippen LogP contribution in [0.3, 0.4) is 0 Å². The van der Waals surface area contributed by atoms with Gasteiger partial charge in [-0.1, -0.05) is 5.16 Å². The Hall–Kier alpha value is -1.91. The molecule has 17 heavy (non-hydrogen) atoms. The van der Waals surface area contributed by atoms with Gasteiger partial charge in [0, 0.05) is 23.9 Å². The van der Waals surface area contributed by atoms with Crippen molar-refractivity contribution in [2.75, 3.05) is 5.32 Å². The summed E-state index contributed by atoms with van der Waals surface area (Å²) >= 11 is 0. The maximum atomic E-state index is 5.11. The smallest absolute Gasteiger partial charge is 0.138 e. The van der Waals surface area contributed by atoms with E-state index in [9.17, 15) is 0 Å². The van der Waals surface area contributed by atoms with E-state index in [1.807, 2.05) is 33.8 Å². The van der Waals surface area contributed by atoms with Crippen molar-refractivity contribution in [3.05, 3.63) is 34.6 Å². The summed E-state index contributed by atoms with van der Waals surface area (Å²) in [6.07, 6.45) is 0. The molecule has 0 spiro atoms. The first-order chi connectivity index (χ1) is 8.06. The number of anilines is 1. The lowest BCUT2D eigenvalue weighted by atomic mass is 10.2. The first-order valence-corrected chi connectivity index (χ1v) is 5.54. The van der Waals surface area contributed by atoms with E-state index in [2.05, 4.69) is 20.4 Å².